The summed E-state index contributed by atoms with van der Waals surface area (Å²) in [5.74, 6) is 0.678. The Morgan fingerprint density at radius 3 is 2.83 bits per heavy atom. The number of hydrogen-bond donors (Lipinski definition) is 0. The summed E-state index contributed by atoms with van der Waals surface area (Å²) in [4.78, 5) is 25.6. The van der Waals surface area contributed by atoms with Crippen molar-refractivity contribution < 1.29 is 9.53 Å². The summed E-state index contributed by atoms with van der Waals surface area (Å²) >= 11 is 5.98. The lowest BCUT2D eigenvalue weighted by Gasteiger charge is -2.26. The molecule has 3 heterocycles. The molecule has 6 nitrogen and oxygen atoms in total. The third-order valence-electron chi connectivity index (χ3n) is 4.30. The van der Waals surface area contributed by atoms with E-state index in [4.69, 9.17) is 16.3 Å². The Kier molecular flexibility index (Phi) is 4.08. The van der Waals surface area contributed by atoms with Crippen molar-refractivity contribution in [2.45, 2.75) is 13.1 Å². The van der Waals surface area contributed by atoms with Gasteiger partial charge in [0, 0.05) is 42.0 Å². The summed E-state index contributed by atoms with van der Waals surface area (Å²) in [6.45, 7) is 4.01. The van der Waals surface area contributed by atoms with Crippen LogP contribution in [-0.2, 0) is 17.8 Å². The lowest BCUT2D eigenvalue weighted by atomic mass is 10.2. The zero-order valence-electron chi connectivity index (χ0n) is 13.1. The maximum atomic E-state index is 12.6. The highest BCUT2D eigenvalue weighted by molar-refractivity contribution is 6.30. The monoisotopic (exact) mass is 344 g/mol. The van der Waals surface area contributed by atoms with Gasteiger partial charge >= 0.3 is 0 Å². The van der Waals surface area contributed by atoms with E-state index in [9.17, 15) is 4.79 Å². The molecule has 24 heavy (non-hydrogen) atoms. The van der Waals surface area contributed by atoms with Crippen LogP contribution in [0.3, 0.4) is 0 Å². The number of rotatable bonds is 2. The predicted octanol–water partition coefficient (Wildman–Crippen LogP) is 2.12. The molecule has 0 bridgehead atoms. The van der Waals surface area contributed by atoms with Gasteiger partial charge in [0.1, 0.15) is 0 Å². The molecule has 1 fully saturated rings. The first-order valence-electron chi connectivity index (χ1n) is 7.93. The number of halogens is 1. The standard InChI is InChI=1S/C17H17ClN4O2/c18-14-3-1-2-12(8-14)16(23)22-10-13-9-19-17(20-15(13)11-22)21-4-6-24-7-5-21/h1-3,8-9H,4-7,10-11H2. The molecule has 1 aromatic carbocycles. The van der Waals surface area contributed by atoms with Crippen LogP contribution in [-0.4, -0.2) is 47.1 Å². The fraction of sp³-hybridized carbons (Fsp3) is 0.353. The van der Waals surface area contributed by atoms with Crippen molar-refractivity contribution in [1.82, 2.24) is 14.9 Å². The maximum Gasteiger partial charge on any atom is 0.254 e. The molecule has 0 spiro atoms. The van der Waals surface area contributed by atoms with Gasteiger partial charge in [0.2, 0.25) is 5.95 Å². The predicted molar refractivity (Wildman–Crippen MR) is 90.1 cm³/mol. The van der Waals surface area contributed by atoms with E-state index in [0.29, 0.717) is 42.8 Å². The Morgan fingerprint density at radius 1 is 1.21 bits per heavy atom. The number of amides is 1. The normalized spacial score (nSPS) is 17.0. The molecule has 0 atom stereocenters. The van der Waals surface area contributed by atoms with Crippen LogP contribution in [0.1, 0.15) is 21.6 Å². The second-order valence-electron chi connectivity index (χ2n) is 5.91. The molecule has 1 saturated heterocycles. The molecule has 2 aliphatic rings. The van der Waals surface area contributed by atoms with Gasteiger partial charge in [-0.15, -0.1) is 0 Å². The second-order valence-corrected chi connectivity index (χ2v) is 6.35. The van der Waals surface area contributed by atoms with Crippen molar-refractivity contribution in [3.8, 4) is 0 Å². The van der Waals surface area contributed by atoms with Gasteiger partial charge in [-0.3, -0.25) is 4.79 Å². The Hall–Kier alpha value is -2.18. The number of carbonyl (C=O) groups excluding carboxylic acids is 1. The fourth-order valence-corrected chi connectivity index (χ4v) is 3.20. The van der Waals surface area contributed by atoms with Gasteiger partial charge in [0.05, 0.1) is 25.5 Å². The third-order valence-corrected chi connectivity index (χ3v) is 4.53. The SMILES string of the molecule is O=C(c1cccc(Cl)c1)N1Cc2cnc(N3CCOCC3)nc2C1. The molecule has 2 aliphatic heterocycles. The van der Waals surface area contributed by atoms with Crippen LogP contribution in [0.2, 0.25) is 5.02 Å². The summed E-state index contributed by atoms with van der Waals surface area (Å²) in [5.41, 5.74) is 2.51. The number of fused-ring (bicyclic) bond motifs is 1. The Balaban J connectivity index is 1.52. The van der Waals surface area contributed by atoms with Gasteiger partial charge in [-0.05, 0) is 18.2 Å². The Bertz CT molecular complexity index is 777. The minimum absolute atomic E-state index is 0.0385. The first-order valence-corrected chi connectivity index (χ1v) is 8.31. The van der Waals surface area contributed by atoms with Gasteiger partial charge < -0.3 is 14.5 Å². The molecule has 1 aromatic heterocycles. The van der Waals surface area contributed by atoms with Gasteiger partial charge in [-0.25, -0.2) is 9.97 Å². The van der Waals surface area contributed by atoms with Crippen molar-refractivity contribution in [2.75, 3.05) is 31.2 Å². The number of hydrogen-bond acceptors (Lipinski definition) is 5. The van der Waals surface area contributed by atoms with E-state index < -0.39 is 0 Å². The van der Waals surface area contributed by atoms with E-state index in [1.807, 2.05) is 6.20 Å². The summed E-state index contributed by atoms with van der Waals surface area (Å²) in [6, 6.07) is 7.02. The zero-order chi connectivity index (χ0) is 16.5. The molecule has 4 rings (SSSR count). The number of ether oxygens (including phenoxy) is 1. The number of nitrogens with zero attached hydrogens (tertiary/aromatic N) is 4. The molecule has 0 saturated carbocycles. The summed E-state index contributed by atoms with van der Waals surface area (Å²) < 4.78 is 5.36. The average molecular weight is 345 g/mol. The van der Waals surface area contributed by atoms with E-state index in [0.717, 1.165) is 24.3 Å². The highest BCUT2D eigenvalue weighted by Gasteiger charge is 2.27. The maximum absolute atomic E-state index is 12.6. The second kappa shape index (κ2) is 6.37. The van der Waals surface area contributed by atoms with Crippen LogP contribution >= 0.6 is 11.6 Å². The van der Waals surface area contributed by atoms with E-state index in [1.54, 1.807) is 29.2 Å². The molecular formula is C17H17ClN4O2. The van der Waals surface area contributed by atoms with Crippen LogP contribution in [0.15, 0.2) is 30.5 Å². The molecule has 0 N–H and O–H groups in total. The lowest BCUT2D eigenvalue weighted by molar-refractivity contribution is 0.0750. The van der Waals surface area contributed by atoms with Crippen LogP contribution < -0.4 is 4.90 Å². The van der Waals surface area contributed by atoms with E-state index >= 15 is 0 Å². The molecule has 1 amide bonds. The highest BCUT2D eigenvalue weighted by Crippen LogP contribution is 2.25. The molecule has 0 radical (unpaired) electrons. The van der Waals surface area contributed by atoms with Gasteiger partial charge in [-0.1, -0.05) is 17.7 Å². The van der Waals surface area contributed by atoms with Gasteiger partial charge in [-0.2, -0.15) is 0 Å². The number of carbonyl (C=O) groups is 1. The van der Waals surface area contributed by atoms with Crippen molar-refractivity contribution in [1.29, 1.82) is 0 Å². The number of benzene rings is 1. The minimum Gasteiger partial charge on any atom is -0.378 e. The zero-order valence-corrected chi connectivity index (χ0v) is 13.9. The Labute approximate surface area is 145 Å². The van der Waals surface area contributed by atoms with Crippen LogP contribution in [0.4, 0.5) is 5.95 Å². The summed E-state index contributed by atoms with van der Waals surface area (Å²) in [6.07, 6.45) is 1.83. The van der Waals surface area contributed by atoms with E-state index in [-0.39, 0.29) is 5.91 Å². The van der Waals surface area contributed by atoms with Gasteiger partial charge in [0.25, 0.3) is 5.91 Å². The first-order chi connectivity index (χ1) is 11.7. The van der Waals surface area contributed by atoms with Crippen molar-refractivity contribution in [3.63, 3.8) is 0 Å². The van der Waals surface area contributed by atoms with Crippen molar-refractivity contribution >= 4 is 23.5 Å². The number of aromatic nitrogens is 2. The molecule has 0 unspecified atom stereocenters. The minimum atomic E-state index is -0.0385. The van der Waals surface area contributed by atoms with Crippen LogP contribution in [0.5, 0.6) is 0 Å². The quantitative estimate of drug-likeness (QED) is 0.835. The number of anilines is 1. The van der Waals surface area contributed by atoms with E-state index in [1.165, 1.54) is 0 Å². The largest absolute Gasteiger partial charge is 0.378 e. The molecule has 124 valence electrons. The highest BCUT2D eigenvalue weighted by atomic mass is 35.5. The topological polar surface area (TPSA) is 58.6 Å². The average Bonchev–Trinajstić information content (AvgIpc) is 3.05. The summed E-state index contributed by atoms with van der Waals surface area (Å²) in [7, 11) is 0. The van der Waals surface area contributed by atoms with Crippen LogP contribution in [0, 0.1) is 0 Å². The molecular weight excluding hydrogens is 328 g/mol. The first kappa shape index (κ1) is 15.4. The van der Waals surface area contributed by atoms with E-state index in [2.05, 4.69) is 14.9 Å². The molecule has 2 aromatic rings. The van der Waals surface area contributed by atoms with Gasteiger partial charge in [0.15, 0.2) is 0 Å². The fourth-order valence-electron chi connectivity index (χ4n) is 3.01. The number of morpholine rings is 1. The van der Waals surface area contributed by atoms with Crippen LogP contribution in [0.25, 0.3) is 0 Å². The Morgan fingerprint density at radius 2 is 2.04 bits per heavy atom. The molecule has 0 aliphatic carbocycles. The van der Waals surface area contributed by atoms with Crippen molar-refractivity contribution in [2.24, 2.45) is 0 Å². The lowest BCUT2D eigenvalue weighted by Crippen LogP contribution is -2.37. The smallest absolute Gasteiger partial charge is 0.254 e. The molecule has 7 heteroatoms. The van der Waals surface area contributed by atoms with Crippen molar-refractivity contribution in [3.05, 3.63) is 52.3 Å². The summed E-state index contributed by atoms with van der Waals surface area (Å²) in [5, 5.41) is 0.562. The third kappa shape index (κ3) is 2.95.